The number of anilines is 2. The molecule has 2 N–H and O–H groups in total. The lowest BCUT2D eigenvalue weighted by Gasteiger charge is -2.39. The molecule has 2 aromatic rings. The molecule has 1 aromatic carbocycles. The summed E-state index contributed by atoms with van der Waals surface area (Å²) < 4.78 is 26.3. The maximum Gasteiger partial charge on any atom is 0.313 e. The average Bonchev–Trinajstić information content (AvgIpc) is 2.79. The van der Waals surface area contributed by atoms with Crippen molar-refractivity contribution in [3.8, 4) is 0 Å². The molecule has 0 bridgehead atoms. The number of fused-ring (bicyclic) bond motifs is 1. The number of carbonyl (C=O) groups excluding carboxylic acids is 3. The fourth-order valence-electron chi connectivity index (χ4n) is 4.49. The number of nitrogens with one attached hydrogen (secondary N) is 2. The van der Waals surface area contributed by atoms with Gasteiger partial charge < -0.3 is 15.5 Å². The molecule has 1 fully saturated rings. The number of pyridine rings is 1. The van der Waals surface area contributed by atoms with Crippen LogP contribution in [0.15, 0.2) is 30.5 Å². The van der Waals surface area contributed by atoms with Crippen LogP contribution >= 0.6 is 0 Å². The third kappa shape index (κ3) is 4.86. The van der Waals surface area contributed by atoms with Crippen LogP contribution in [0.4, 0.5) is 20.2 Å². The van der Waals surface area contributed by atoms with E-state index in [4.69, 9.17) is 0 Å². The molecule has 2 aliphatic rings. The second-order valence-electron chi connectivity index (χ2n) is 8.77. The summed E-state index contributed by atoms with van der Waals surface area (Å²) in [6.07, 6.45) is 1.18. The third-order valence-electron chi connectivity index (χ3n) is 6.30. The van der Waals surface area contributed by atoms with Crippen LogP contribution in [0, 0.1) is 12.8 Å². The van der Waals surface area contributed by atoms with E-state index in [1.54, 1.807) is 4.90 Å². The van der Waals surface area contributed by atoms with Gasteiger partial charge in [0.05, 0.1) is 17.9 Å². The van der Waals surface area contributed by atoms with E-state index < -0.39 is 18.2 Å². The number of benzene rings is 1. The molecule has 2 aliphatic heterocycles. The summed E-state index contributed by atoms with van der Waals surface area (Å²) in [7, 11) is 0. The summed E-state index contributed by atoms with van der Waals surface area (Å²) in [5.41, 5.74) is 2.63. The Morgan fingerprint density at radius 2 is 2.00 bits per heavy atom. The van der Waals surface area contributed by atoms with E-state index in [-0.39, 0.29) is 34.8 Å². The second-order valence-corrected chi connectivity index (χ2v) is 8.77. The zero-order valence-electron chi connectivity index (χ0n) is 18.5. The first-order chi connectivity index (χ1) is 15.7. The molecule has 2 atom stereocenters. The number of aromatic nitrogens is 1. The topological polar surface area (TPSA) is 91.4 Å². The van der Waals surface area contributed by atoms with Gasteiger partial charge in [0.1, 0.15) is 0 Å². The van der Waals surface area contributed by atoms with Crippen LogP contribution in [0.5, 0.6) is 0 Å². The van der Waals surface area contributed by atoms with Gasteiger partial charge in [0.25, 0.3) is 6.43 Å². The fourth-order valence-corrected chi connectivity index (χ4v) is 4.49. The molecule has 0 saturated carbocycles. The predicted octanol–water partition coefficient (Wildman–Crippen LogP) is 4.15. The van der Waals surface area contributed by atoms with Crippen molar-refractivity contribution in [3.63, 3.8) is 0 Å². The second kappa shape index (κ2) is 9.25. The predicted molar refractivity (Wildman–Crippen MR) is 119 cm³/mol. The standard InChI is InChI=1S/C24H26F2N4O3/c1-13-3-7-20(16-4-6-19-15(9-16)5-8-21(31)29-19)30(12-13)24(33)23(32)28-17-10-18(22(25)26)14(2)27-11-17/h4,6,9-11,13,20,22H,3,5,7-8,12H2,1-2H3,(H,28,32)(H,29,31)/t13-,20?/m0/s1. The molecule has 174 valence electrons. The van der Waals surface area contributed by atoms with Crippen LogP contribution in [0.2, 0.25) is 0 Å². The van der Waals surface area contributed by atoms with E-state index in [0.717, 1.165) is 29.3 Å². The molecule has 9 heteroatoms. The Morgan fingerprint density at radius 1 is 1.21 bits per heavy atom. The maximum absolute atomic E-state index is 13.2. The number of hydrogen-bond donors (Lipinski definition) is 2. The van der Waals surface area contributed by atoms with Crippen LogP contribution in [0.3, 0.4) is 0 Å². The van der Waals surface area contributed by atoms with Crippen LogP contribution < -0.4 is 10.6 Å². The molecule has 3 amide bonds. The van der Waals surface area contributed by atoms with Gasteiger partial charge in [-0.05, 0) is 55.4 Å². The summed E-state index contributed by atoms with van der Waals surface area (Å²) in [5.74, 6) is -1.39. The minimum Gasteiger partial charge on any atom is -0.327 e. The minimum absolute atomic E-state index is 0.0178. The number of alkyl halides is 2. The van der Waals surface area contributed by atoms with Crippen LogP contribution in [0.25, 0.3) is 0 Å². The van der Waals surface area contributed by atoms with Gasteiger partial charge in [-0.3, -0.25) is 19.4 Å². The Hall–Kier alpha value is -3.36. The number of amides is 3. The summed E-state index contributed by atoms with van der Waals surface area (Å²) in [4.78, 5) is 43.0. The average molecular weight is 456 g/mol. The Kier molecular flexibility index (Phi) is 6.40. The normalized spacial score (nSPS) is 20.3. The van der Waals surface area contributed by atoms with Gasteiger partial charge in [0.15, 0.2) is 0 Å². The van der Waals surface area contributed by atoms with Gasteiger partial charge in [-0.25, -0.2) is 8.78 Å². The molecule has 4 rings (SSSR count). The highest BCUT2D eigenvalue weighted by Crippen LogP contribution is 2.36. The molecule has 1 aromatic heterocycles. The molecular formula is C24H26F2N4O3. The summed E-state index contributed by atoms with van der Waals surface area (Å²) in [5, 5.41) is 5.28. The zero-order chi connectivity index (χ0) is 23.7. The number of piperidine rings is 1. The SMILES string of the molecule is Cc1ncc(NC(=O)C(=O)N2C[C@@H](C)CCC2c2ccc3c(c2)CCC(=O)N3)cc1C(F)F. The summed E-state index contributed by atoms with van der Waals surface area (Å²) >= 11 is 0. The molecule has 0 spiro atoms. The van der Waals surface area contributed by atoms with Gasteiger partial charge in [0.2, 0.25) is 5.91 Å². The lowest BCUT2D eigenvalue weighted by molar-refractivity contribution is -0.146. The highest BCUT2D eigenvalue weighted by molar-refractivity contribution is 6.39. The van der Waals surface area contributed by atoms with Crippen molar-refractivity contribution in [3.05, 3.63) is 52.8 Å². The fraction of sp³-hybridized carbons (Fsp3) is 0.417. The van der Waals surface area contributed by atoms with Crippen molar-refractivity contribution < 1.29 is 23.2 Å². The molecule has 0 radical (unpaired) electrons. The van der Waals surface area contributed by atoms with E-state index in [1.165, 1.54) is 13.1 Å². The maximum atomic E-state index is 13.2. The number of nitrogens with zero attached hydrogens (tertiary/aromatic N) is 2. The van der Waals surface area contributed by atoms with Crippen LogP contribution in [0.1, 0.15) is 61.0 Å². The van der Waals surface area contributed by atoms with E-state index in [0.29, 0.717) is 25.8 Å². The summed E-state index contributed by atoms with van der Waals surface area (Å²) in [6, 6.07) is 6.57. The molecular weight excluding hydrogens is 430 g/mol. The largest absolute Gasteiger partial charge is 0.327 e. The highest BCUT2D eigenvalue weighted by atomic mass is 19.3. The van der Waals surface area contributed by atoms with Crippen molar-refractivity contribution in [1.29, 1.82) is 0 Å². The Balaban J connectivity index is 1.55. The van der Waals surface area contributed by atoms with Crippen molar-refractivity contribution in [2.45, 2.75) is 52.0 Å². The van der Waals surface area contributed by atoms with Gasteiger partial charge >= 0.3 is 11.8 Å². The number of aryl methyl sites for hydroxylation is 2. The number of halogens is 2. The van der Waals surface area contributed by atoms with E-state index in [1.807, 2.05) is 25.1 Å². The van der Waals surface area contributed by atoms with E-state index in [2.05, 4.69) is 15.6 Å². The van der Waals surface area contributed by atoms with Gasteiger partial charge in [-0.15, -0.1) is 0 Å². The lowest BCUT2D eigenvalue weighted by Crippen LogP contribution is -2.46. The first-order valence-electron chi connectivity index (χ1n) is 11.0. The van der Waals surface area contributed by atoms with E-state index >= 15 is 0 Å². The Bertz CT molecular complexity index is 1110. The van der Waals surface area contributed by atoms with Crippen LogP contribution in [-0.4, -0.2) is 34.2 Å². The number of likely N-dealkylation sites (tertiary alicyclic amines) is 1. The lowest BCUT2D eigenvalue weighted by atomic mass is 9.88. The van der Waals surface area contributed by atoms with Crippen molar-refractivity contribution in [1.82, 2.24) is 9.88 Å². The zero-order valence-corrected chi connectivity index (χ0v) is 18.5. The summed E-state index contributed by atoms with van der Waals surface area (Å²) in [6.45, 7) is 3.90. The Morgan fingerprint density at radius 3 is 2.76 bits per heavy atom. The molecule has 3 heterocycles. The van der Waals surface area contributed by atoms with E-state index in [9.17, 15) is 23.2 Å². The monoisotopic (exact) mass is 456 g/mol. The minimum atomic E-state index is -2.73. The third-order valence-corrected chi connectivity index (χ3v) is 6.30. The first-order valence-corrected chi connectivity index (χ1v) is 11.0. The molecule has 0 aliphatic carbocycles. The first kappa shape index (κ1) is 22.8. The van der Waals surface area contributed by atoms with Crippen molar-refractivity contribution in [2.24, 2.45) is 5.92 Å². The molecule has 33 heavy (non-hydrogen) atoms. The van der Waals surface area contributed by atoms with Gasteiger partial charge in [0, 0.05) is 29.9 Å². The quantitative estimate of drug-likeness (QED) is 0.679. The highest BCUT2D eigenvalue weighted by Gasteiger charge is 2.35. The number of rotatable bonds is 3. The van der Waals surface area contributed by atoms with Crippen LogP contribution in [-0.2, 0) is 20.8 Å². The molecule has 7 nitrogen and oxygen atoms in total. The van der Waals surface area contributed by atoms with Gasteiger partial charge in [-0.1, -0.05) is 19.1 Å². The van der Waals surface area contributed by atoms with Crippen molar-refractivity contribution in [2.75, 3.05) is 17.2 Å². The Labute approximate surface area is 190 Å². The number of carbonyl (C=O) groups is 3. The van der Waals surface area contributed by atoms with Gasteiger partial charge in [-0.2, -0.15) is 0 Å². The molecule has 1 saturated heterocycles. The number of hydrogen-bond acceptors (Lipinski definition) is 4. The smallest absolute Gasteiger partial charge is 0.313 e. The molecule has 1 unspecified atom stereocenters. The van der Waals surface area contributed by atoms with Crippen molar-refractivity contribution >= 4 is 29.1 Å².